The fourth-order valence-corrected chi connectivity index (χ4v) is 4.03. The Balaban J connectivity index is 2.14. The van der Waals surface area contributed by atoms with Crippen molar-refractivity contribution in [3.63, 3.8) is 0 Å². The number of hydrogen-bond donors (Lipinski definition) is 1. The quantitative estimate of drug-likeness (QED) is 0.587. The van der Waals surface area contributed by atoms with Crippen molar-refractivity contribution in [3.05, 3.63) is 46.1 Å². The predicted molar refractivity (Wildman–Crippen MR) is 116 cm³/mol. The molecule has 3 rings (SSSR count). The van der Waals surface area contributed by atoms with E-state index in [0.29, 0.717) is 39.9 Å². The van der Waals surface area contributed by atoms with E-state index in [4.69, 9.17) is 11.6 Å². The van der Waals surface area contributed by atoms with E-state index >= 15 is 0 Å². The predicted octanol–water partition coefficient (Wildman–Crippen LogP) is 5.95. The zero-order valence-electron chi connectivity index (χ0n) is 16.7. The van der Waals surface area contributed by atoms with Gasteiger partial charge in [0.25, 0.3) is 5.91 Å². The molecule has 0 spiro atoms. The Morgan fingerprint density at radius 1 is 1.28 bits per heavy atom. The van der Waals surface area contributed by atoms with Crippen LogP contribution in [-0.2, 0) is 0 Å². The first-order valence-corrected chi connectivity index (χ1v) is 11.1. The topological polar surface area (TPSA) is 45.2 Å². The Labute approximate surface area is 179 Å². The highest BCUT2D eigenvalue weighted by molar-refractivity contribution is 7.98. The maximum Gasteiger partial charge on any atom is 0.262 e. The molecule has 0 unspecified atom stereocenters. The fourth-order valence-electron chi connectivity index (χ4n) is 3.44. The van der Waals surface area contributed by atoms with Gasteiger partial charge in [-0.2, -0.15) is 0 Å². The summed E-state index contributed by atoms with van der Waals surface area (Å²) in [7, 11) is 0. The lowest BCUT2D eigenvalue weighted by Gasteiger charge is -2.27. The number of hydrogen-bond acceptors (Lipinski definition) is 4. The minimum Gasteiger partial charge on any atom is -0.369 e. The van der Waals surface area contributed by atoms with Crippen LogP contribution >= 0.6 is 23.4 Å². The van der Waals surface area contributed by atoms with E-state index in [1.54, 1.807) is 19.9 Å². The molecule has 1 aromatic carbocycles. The second kappa shape index (κ2) is 8.88. The lowest BCUT2D eigenvalue weighted by molar-refractivity contribution is -0.0147. The van der Waals surface area contributed by atoms with Gasteiger partial charge in [-0.15, -0.1) is 11.8 Å². The highest BCUT2D eigenvalue weighted by atomic mass is 35.5. The number of nitrogens with one attached hydrogen (secondary N) is 1. The number of anilines is 2. The van der Waals surface area contributed by atoms with E-state index in [9.17, 15) is 13.6 Å². The van der Waals surface area contributed by atoms with Crippen LogP contribution in [0.25, 0.3) is 0 Å². The summed E-state index contributed by atoms with van der Waals surface area (Å²) in [6, 6.07) is 7.35. The maximum absolute atomic E-state index is 14.4. The van der Waals surface area contributed by atoms with Gasteiger partial charge in [0.15, 0.2) is 0 Å². The first-order chi connectivity index (χ1) is 13.7. The molecule has 0 bridgehead atoms. The van der Waals surface area contributed by atoms with Crippen molar-refractivity contribution in [2.75, 3.05) is 29.6 Å². The minimum atomic E-state index is -2.84. The molecular weight excluding hydrogens is 416 g/mol. The van der Waals surface area contributed by atoms with Gasteiger partial charge in [0.1, 0.15) is 5.82 Å². The van der Waals surface area contributed by atoms with Crippen molar-refractivity contribution in [2.45, 2.75) is 43.9 Å². The Morgan fingerprint density at radius 2 is 2.03 bits per heavy atom. The summed E-state index contributed by atoms with van der Waals surface area (Å²) in [4.78, 5) is 20.4. The number of carbonyl (C=O) groups is 1. The molecule has 1 aliphatic rings. The molecule has 1 aromatic heterocycles. The van der Waals surface area contributed by atoms with Crippen LogP contribution < -0.4 is 10.2 Å². The Morgan fingerprint density at radius 3 is 2.76 bits per heavy atom. The zero-order valence-corrected chi connectivity index (χ0v) is 18.3. The molecule has 0 saturated heterocycles. The normalized spacial score (nSPS) is 17.3. The Bertz CT molecular complexity index is 923. The number of aromatic nitrogens is 1. The highest BCUT2D eigenvalue weighted by Crippen LogP contribution is 2.33. The van der Waals surface area contributed by atoms with E-state index in [2.05, 4.69) is 10.3 Å². The number of carbonyl (C=O) groups excluding carboxylic acids is 1. The van der Waals surface area contributed by atoms with E-state index in [1.165, 1.54) is 16.7 Å². The summed E-state index contributed by atoms with van der Waals surface area (Å²) in [6.07, 6.45) is 1.57. The molecule has 0 saturated carbocycles. The van der Waals surface area contributed by atoms with Crippen LogP contribution in [0.4, 0.5) is 20.3 Å². The average molecular weight is 440 g/mol. The Kier molecular flexibility index (Phi) is 6.69. The lowest BCUT2D eigenvalue weighted by atomic mass is 10.1. The van der Waals surface area contributed by atoms with Gasteiger partial charge in [0, 0.05) is 36.5 Å². The number of halogens is 3. The van der Waals surface area contributed by atoms with Crippen LogP contribution in [0.3, 0.4) is 0 Å². The molecule has 2 heterocycles. The molecule has 0 aliphatic carbocycles. The fraction of sp³-hybridized carbons (Fsp3) is 0.429. The van der Waals surface area contributed by atoms with Gasteiger partial charge in [-0.3, -0.25) is 4.79 Å². The van der Waals surface area contributed by atoms with Crippen LogP contribution in [0.5, 0.6) is 0 Å². The summed E-state index contributed by atoms with van der Waals surface area (Å²) in [5.74, 6) is -2.83. The highest BCUT2D eigenvalue weighted by Gasteiger charge is 2.33. The van der Waals surface area contributed by atoms with Crippen LogP contribution in [-0.4, -0.2) is 36.2 Å². The molecule has 1 N–H and O–H groups in total. The number of amides is 1. The van der Waals surface area contributed by atoms with Crippen molar-refractivity contribution in [1.82, 2.24) is 4.98 Å². The van der Waals surface area contributed by atoms with Crippen molar-refractivity contribution >= 4 is 40.8 Å². The molecule has 8 heteroatoms. The molecule has 0 fully saturated rings. The van der Waals surface area contributed by atoms with E-state index in [0.717, 1.165) is 4.90 Å². The molecule has 4 nitrogen and oxygen atoms in total. The third-order valence-corrected chi connectivity index (χ3v) is 6.36. The van der Waals surface area contributed by atoms with Crippen LogP contribution in [0, 0.1) is 13.8 Å². The van der Waals surface area contributed by atoms with E-state index in [-0.39, 0.29) is 25.3 Å². The number of thioether (sulfide) groups is 1. The van der Waals surface area contributed by atoms with E-state index in [1.807, 2.05) is 24.5 Å². The molecule has 0 atom stereocenters. The second-order valence-corrected chi connectivity index (χ2v) is 8.41. The van der Waals surface area contributed by atoms with Crippen LogP contribution in [0.2, 0.25) is 5.02 Å². The van der Waals surface area contributed by atoms with Gasteiger partial charge in [-0.25, -0.2) is 13.8 Å². The summed E-state index contributed by atoms with van der Waals surface area (Å²) in [6.45, 7) is 3.75. The zero-order chi connectivity index (χ0) is 21.2. The first kappa shape index (κ1) is 21.8. The number of benzene rings is 1. The third kappa shape index (κ3) is 4.83. The largest absolute Gasteiger partial charge is 0.369 e. The average Bonchev–Trinajstić information content (AvgIpc) is 2.71. The van der Waals surface area contributed by atoms with Crippen molar-refractivity contribution < 1.29 is 13.6 Å². The maximum atomic E-state index is 14.4. The molecule has 156 valence electrons. The third-order valence-electron chi connectivity index (χ3n) is 5.08. The molecular formula is C21H24ClF2N3OS. The number of aryl methyl sites for hydroxylation is 1. The summed E-state index contributed by atoms with van der Waals surface area (Å²) >= 11 is 7.91. The van der Waals surface area contributed by atoms with Gasteiger partial charge < -0.3 is 10.2 Å². The summed E-state index contributed by atoms with van der Waals surface area (Å²) in [5, 5.41) is 3.49. The minimum absolute atomic E-state index is 0.0892. The summed E-state index contributed by atoms with van der Waals surface area (Å²) < 4.78 is 28.8. The number of nitrogens with zero attached hydrogens (tertiary/aromatic N) is 2. The van der Waals surface area contributed by atoms with Gasteiger partial charge in [0.05, 0.1) is 16.3 Å². The molecule has 1 amide bonds. The number of rotatable bonds is 2. The van der Waals surface area contributed by atoms with E-state index < -0.39 is 12.3 Å². The second-order valence-electron chi connectivity index (χ2n) is 7.15. The number of pyridine rings is 1. The molecule has 29 heavy (non-hydrogen) atoms. The van der Waals surface area contributed by atoms with Crippen molar-refractivity contribution in [3.8, 4) is 0 Å². The first-order valence-electron chi connectivity index (χ1n) is 9.48. The van der Waals surface area contributed by atoms with Gasteiger partial charge in [-0.1, -0.05) is 17.7 Å². The summed E-state index contributed by atoms with van der Waals surface area (Å²) in [5.41, 5.74) is 2.11. The van der Waals surface area contributed by atoms with Gasteiger partial charge in [0.2, 0.25) is 5.92 Å². The smallest absolute Gasteiger partial charge is 0.262 e. The number of fused-ring (bicyclic) bond motifs is 1. The van der Waals surface area contributed by atoms with Crippen LogP contribution in [0.1, 0.15) is 40.9 Å². The molecule has 0 radical (unpaired) electrons. The van der Waals surface area contributed by atoms with Crippen molar-refractivity contribution in [2.24, 2.45) is 0 Å². The van der Waals surface area contributed by atoms with Crippen LogP contribution in [0.15, 0.2) is 29.2 Å². The van der Waals surface area contributed by atoms with Gasteiger partial charge in [-0.05, 0) is 50.3 Å². The Hall–Kier alpha value is -1.86. The lowest BCUT2D eigenvalue weighted by Crippen LogP contribution is -2.36. The monoisotopic (exact) mass is 439 g/mol. The van der Waals surface area contributed by atoms with Gasteiger partial charge >= 0.3 is 0 Å². The van der Waals surface area contributed by atoms with Crippen molar-refractivity contribution in [1.29, 1.82) is 0 Å². The number of alkyl halides is 2. The SMILES string of the molecule is CSc1cccc(N2CCC(F)(F)CCCNc3nc(C)c(Cl)c(C)c3C2=O)c1. The molecule has 2 aromatic rings. The standard InChI is InChI=1S/C21H24ClF2N3OS/c1-13-17-19(26-14(2)18(13)22)25-10-5-8-21(23,24)9-11-27(20(17)28)15-6-4-7-16(12-15)29-3/h4,6-7,12H,5,8-11H2,1-3H3,(H,25,26). The molecule has 1 aliphatic heterocycles.